The number of esters is 1. The van der Waals surface area contributed by atoms with Crippen LogP contribution in [0, 0.1) is 0 Å². The molecule has 0 saturated carbocycles. The molecule has 0 saturated heterocycles. The van der Waals surface area contributed by atoms with Gasteiger partial charge >= 0.3 is 5.97 Å². The standard InChI is InChI=1S/C28H34N2O5/c1-3-25(31)29-19-11-13-21-34-27(33)28(23-15-7-5-8-16-23,24-17-9-6-10-18-24)35-22-14-12-20-30-26(32)4-2/h3-10,15-18H,1-2,11-14,19-22H2,(H,29,31)(H,30,32). The van der Waals surface area contributed by atoms with Gasteiger partial charge in [0.1, 0.15) is 0 Å². The Labute approximate surface area is 207 Å². The lowest BCUT2D eigenvalue weighted by Gasteiger charge is -2.33. The van der Waals surface area contributed by atoms with Crippen LogP contribution in [0.1, 0.15) is 36.8 Å². The summed E-state index contributed by atoms with van der Waals surface area (Å²) in [5, 5.41) is 5.44. The van der Waals surface area contributed by atoms with Crippen molar-refractivity contribution >= 4 is 17.8 Å². The van der Waals surface area contributed by atoms with Crippen LogP contribution in [0.25, 0.3) is 0 Å². The molecule has 2 rings (SSSR count). The molecule has 0 heterocycles. The van der Waals surface area contributed by atoms with E-state index in [0.29, 0.717) is 49.9 Å². The van der Waals surface area contributed by atoms with Crippen molar-refractivity contribution in [2.45, 2.75) is 31.3 Å². The highest BCUT2D eigenvalue weighted by molar-refractivity contribution is 5.87. The van der Waals surface area contributed by atoms with Crippen LogP contribution in [-0.4, -0.2) is 44.1 Å². The van der Waals surface area contributed by atoms with Crippen LogP contribution in [0.15, 0.2) is 86.0 Å². The zero-order valence-electron chi connectivity index (χ0n) is 20.0. The predicted octanol–water partition coefficient (Wildman–Crippen LogP) is 3.65. The highest BCUT2D eigenvalue weighted by atomic mass is 16.6. The Bertz CT molecular complexity index is 920. The lowest BCUT2D eigenvalue weighted by atomic mass is 9.86. The molecule has 2 amide bonds. The number of ether oxygens (including phenoxy) is 2. The number of nitrogens with one attached hydrogen (secondary N) is 2. The fourth-order valence-corrected chi connectivity index (χ4v) is 3.49. The van der Waals surface area contributed by atoms with Gasteiger partial charge in [-0.2, -0.15) is 0 Å². The maximum Gasteiger partial charge on any atom is 0.347 e. The van der Waals surface area contributed by atoms with Crippen molar-refractivity contribution in [3.05, 3.63) is 97.1 Å². The normalized spacial score (nSPS) is 10.7. The third kappa shape index (κ3) is 8.54. The summed E-state index contributed by atoms with van der Waals surface area (Å²) in [6.45, 7) is 8.31. The first-order valence-corrected chi connectivity index (χ1v) is 11.8. The van der Waals surface area contributed by atoms with Crippen LogP contribution in [0.5, 0.6) is 0 Å². The van der Waals surface area contributed by atoms with Gasteiger partial charge < -0.3 is 20.1 Å². The third-order valence-electron chi connectivity index (χ3n) is 5.31. The van der Waals surface area contributed by atoms with Gasteiger partial charge in [0, 0.05) is 19.7 Å². The van der Waals surface area contributed by atoms with E-state index in [4.69, 9.17) is 9.47 Å². The molecular formula is C28H34N2O5. The summed E-state index contributed by atoms with van der Waals surface area (Å²) < 4.78 is 12.1. The maximum absolute atomic E-state index is 13.6. The second kappa shape index (κ2) is 15.2. The summed E-state index contributed by atoms with van der Waals surface area (Å²) >= 11 is 0. The van der Waals surface area contributed by atoms with E-state index < -0.39 is 11.6 Å². The lowest BCUT2D eigenvalue weighted by molar-refractivity contribution is -0.169. The van der Waals surface area contributed by atoms with E-state index in [0.717, 1.165) is 0 Å². The topological polar surface area (TPSA) is 93.7 Å². The molecule has 0 atom stereocenters. The highest BCUT2D eigenvalue weighted by Crippen LogP contribution is 2.35. The van der Waals surface area contributed by atoms with Crippen LogP contribution in [0.3, 0.4) is 0 Å². The fourth-order valence-electron chi connectivity index (χ4n) is 3.49. The SMILES string of the molecule is C=CC(=O)NCCCCOC(=O)C(OCCCCNC(=O)C=C)(c1ccccc1)c1ccccc1. The summed E-state index contributed by atoms with van der Waals surface area (Å²) in [5.74, 6) is -0.946. The third-order valence-corrected chi connectivity index (χ3v) is 5.31. The minimum atomic E-state index is -1.43. The average Bonchev–Trinajstić information content (AvgIpc) is 2.90. The van der Waals surface area contributed by atoms with Crippen molar-refractivity contribution in [2.75, 3.05) is 26.3 Å². The molecule has 7 nitrogen and oxygen atoms in total. The Morgan fingerprint density at radius 1 is 0.714 bits per heavy atom. The van der Waals surface area contributed by atoms with Gasteiger partial charge in [-0.1, -0.05) is 73.8 Å². The van der Waals surface area contributed by atoms with Gasteiger partial charge in [-0.05, 0) is 49.0 Å². The van der Waals surface area contributed by atoms with E-state index in [2.05, 4.69) is 23.8 Å². The van der Waals surface area contributed by atoms with Crippen molar-refractivity contribution < 1.29 is 23.9 Å². The molecule has 0 aliphatic carbocycles. The zero-order valence-corrected chi connectivity index (χ0v) is 20.0. The summed E-state index contributed by atoms with van der Waals surface area (Å²) in [7, 11) is 0. The molecule has 2 N–H and O–H groups in total. The quantitative estimate of drug-likeness (QED) is 0.218. The van der Waals surface area contributed by atoms with Crippen molar-refractivity contribution in [3.63, 3.8) is 0 Å². The number of benzene rings is 2. The summed E-state index contributed by atoms with van der Waals surface area (Å²) in [4.78, 5) is 36.2. The van der Waals surface area contributed by atoms with Crippen molar-refractivity contribution in [2.24, 2.45) is 0 Å². The van der Waals surface area contributed by atoms with E-state index in [1.807, 2.05) is 60.7 Å². The Kier molecular flexibility index (Phi) is 12.0. The molecule has 2 aromatic rings. The molecule has 0 aliphatic heterocycles. The molecule has 2 aromatic carbocycles. The smallest absolute Gasteiger partial charge is 0.347 e. The number of hydrogen-bond acceptors (Lipinski definition) is 5. The second-order valence-electron chi connectivity index (χ2n) is 7.80. The Hall–Kier alpha value is -3.71. The van der Waals surface area contributed by atoms with Gasteiger partial charge in [0.25, 0.3) is 0 Å². The molecule has 0 aromatic heterocycles. The highest BCUT2D eigenvalue weighted by Gasteiger charge is 2.45. The molecule has 0 aliphatic rings. The van der Waals surface area contributed by atoms with E-state index in [-0.39, 0.29) is 25.0 Å². The van der Waals surface area contributed by atoms with E-state index in [1.165, 1.54) is 12.2 Å². The molecule has 186 valence electrons. The van der Waals surface area contributed by atoms with Crippen LogP contribution in [0.4, 0.5) is 0 Å². The monoisotopic (exact) mass is 478 g/mol. The van der Waals surface area contributed by atoms with Crippen LogP contribution in [-0.2, 0) is 29.5 Å². The van der Waals surface area contributed by atoms with Crippen molar-refractivity contribution in [1.82, 2.24) is 10.6 Å². The maximum atomic E-state index is 13.6. The minimum Gasteiger partial charge on any atom is -0.463 e. The molecule has 0 bridgehead atoms. The van der Waals surface area contributed by atoms with Crippen molar-refractivity contribution in [3.8, 4) is 0 Å². The van der Waals surface area contributed by atoms with E-state index in [1.54, 1.807) is 0 Å². The predicted molar refractivity (Wildman–Crippen MR) is 135 cm³/mol. The van der Waals surface area contributed by atoms with Crippen molar-refractivity contribution in [1.29, 1.82) is 0 Å². The molecular weight excluding hydrogens is 444 g/mol. The lowest BCUT2D eigenvalue weighted by Crippen LogP contribution is -2.42. The molecule has 0 fully saturated rings. The average molecular weight is 479 g/mol. The van der Waals surface area contributed by atoms with Gasteiger partial charge in [0.05, 0.1) is 6.61 Å². The van der Waals surface area contributed by atoms with Crippen LogP contribution < -0.4 is 10.6 Å². The van der Waals surface area contributed by atoms with Gasteiger partial charge in [-0.15, -0.1) is 0 Å². The minimum absolute atomic E-state index is 0.196. The Balaban J connectivity index is 2.13. The molecule has 0 unspecified atom stereocenters. The number of carbonyl (C=O) groups is 3. The van der Waals surface area contributed by atoms with E-state index >= 15 is 0 Å². The number of amides is 2. The first-order valence-electron chi connectivity index (χ1n) is 11.8. The van der Waals surface area contributed by atoms with Crippen LogP contribution in [0.2, 0.25) is 0 Å². The zero-order chi connectivity index (χ0) is 25.4. The van der Waals surface area contributed by atoms with Crippen LogP contribution >= 0.6 is 0 Å². The van der Waals surface area contributed by atoms with E-state index in [9.17, 15) is 14.4 Å². The Morgan fingerprint density at radius 2 is 1.17 bits per heavy atom. The second-order valence-corrected chi connectivity index (χ2v) is 7.80. The number of carbonyl (C=O) groups excluding carboxylic acids is 3. The first-order chi connectivity index (χ1) is 17.0. The first kappa shape index (κ1) is 27.5. The number of rotatable bonds is 16. The fraction of sp³-hybridized carbons (Fsp3) is 0.321. The summed E-state index contributed by atoms with van der Waals surface area (Å²) in [6.07, 6.45) is 5.02. The largest absolute Gasteiger partial charge is 0.463 e. The van der Waals surface area contributed by atoms with Gasteiger partial charge in [0.15, 0.2) is 0 Å². The van der Waals surface area contributed by atoms with Gasteiger partial charge in [-0.3, -0.25) is 9.59 Å². The molecule has 7 heteroatoms. The van der Waals surface area contributed by atoms with Gasteiger partial charge in [-0.25, -0.2) is 4.79 Å². The Morgan fingerprint density at radius 3 is 1.63 bits per heavy atom. The number of hydrogen-bond donors (Lipinski definition) is 2. The number of unbranched alkanes of at least 4 members (excludes halogenated alkanes) is 2. The molecule has 0 radical (unpaired) electrons. The molecule has 35 heavy (non-hydrogen) atoms. The summed E-state index contributed by atoms with van der Waals surface area (Å²) in [6, 6.07) is 18.6. The summed E-state index contributed by atoms with van der Waals surface area (Å²) in [5.41, 5.74) is -0.0759. The van der Waals surface area contributed by atoms with Gasteiger partial charge in [0.2, 0.25) is 17.4 Å². The molecule has 0 spiro atoms.